The summed E-state index contributed by atoms with van der Waals surface area (Å²) in [7, 11) is -3.02. The normalized spacial score (nSPS) is 17.2. The molecule has 0 saturated carbocycles. The molecule has 3 rings (SSSR count). The van der Waals surface area contributed by atoms with Crippen LogP contribution >= 0.6 is 23.2 Å². The Morgan fingerprint density at radius 3 is 2.54 bits per heavy atom. The van der Waals surface area contributed by atoms with Gasteiger partial charge in [-0.15, -0.1) is 0 Å². The Morgan fingerprint density at radius 2 is 1.93 bits per heavy atom. The van der Waals surface area contributed by atoms with Crippen LogP contribution in [0.4, 0.5) is 5.82 Å². The number of hydrogen-bond donors (Lipinski definition) is 1. The summed E-state index contributed by atoms with van der Waals surface area (Å²) in [6.07, 6.45) is 2.20. The van der Waals surface area contributed by atoms with Crippen molar-refractivity contribution in [2.24, 2.45) is 0 Å². The lowest BCUT2D eigenvalue weighted by Crippen LogP contribution is -2.43. The van der Waals surface area contributed by atoms with Crippen LogP contribution in [-0.2, 0) is 16.3 Å². The first kappa shape index (κ1) is 20.9. The third kappa shape index (κ3) is 5.37. The van der Waals surface area contributed by atoms with Crippen LogP contribution in [0.15, 0.2) is 36.5 Å². The Kier molecular flexibility index (Phi) is 6.47. The maximum absolute atomic E-state index is 12.5. The largest absolute Gasteiger partial charge is 0.367 e. The minimum Gasteiger partial charge on any atom is -0.367 e. The number of benzene rings is 1. The minimum absolute atomic E-state index is 0.0105. The highest BCUT2D eigenvalue weighted by atomic mass is 35.5. The molecule has 1 amide bonds. The summed E-state index contributed by atoms with van der Waals surface area (Å²) in [5, 5.41) is 4.51. The summed E-state index contributed by atoms with van der Waals surface area (Å²) in [6.45, 7) is 2.46. The third-order valence-electron chi connectivity index (χ3n) is 4.58. The molecule has 1 N–H and O–H groups in total. The number of rotatable bonds is 5. The standard InChI is InChI=1S/C19H21Cl2N3O3S/c1-13(10-14-2-4-16(20)11-17(14)21)23-18-5-3-15(12-22-18)19(25)24-6-8-28(26,27)9-7-24/h2-5,11-13H,6-10H2,1H3,(H,22,23). The SMILES string of the molecule is CC(Cc1ccc(Cl)cc1Cl)Nc1ccc(C(=O)N2CCS(=O)(=O)CC2)cn1. The number of aromatic nitrogens is 1. The van der Waals surface area contributed by atoms with Gasteiger partial charge in [0.05, 0.1) is 17.1 Å². The maximum atomic E-state index is 12.5. The first-order chi connectivity index (χ1) is 13.2. The predicted molar refractivity (Wildman–Crippen MR) is 112 cm³/mol. The molecule has 1 atom stereocenters. The topological polar surface area (TPSA) is 79.4 Å². The van der Waals surface area contributed by atoms with Gasteiger partial charge in [0, 0.05) is 35.4 Å². The third-order valence-corrected chi connectivity index (χ3v) is 6.77. The molecule has 2 heterocycles. The van der Waals surface area contributed by atoms with Crippen LogP contribution < -0.4 is 5.32 Å². The van der Waals surface area contributed by atoms with Crippen molar-refractivity contribution in [3.8, 4) is 0 Å². The van der Waals surface area contributed by atoms with E-state index in [-0.39, 0.29) is 36.5 Å². The predicted octanol–water partition coefficient (Wildman–Crippen LogP) is 3.30. The van der Waals surface area contributed by atoms with Crippen molar-refractivity contribution < 1.29 is 13.2 Å². The zero-order chi connectivity index (χ0) is 20.3. The van der Waals surface area contributed by atoms with Crippen molar-refractivity contribution in [2.45, 2.75) is 19.4 Å². The van der Waals surface area contributed by atoms with E-state index < -0.39 is 9.84 Å². The van der Waals surface area contributed by atoms with Crippen molar-refractivity contribution >= 4 is 44.8 Å². The molecule has 1 unspecified atom stereocenters. The molecule has 6 nitrogen and oxygen atoms in total. The summed E-state index contributed by atoms with van der Waals surface area (Å²) in [5.41, 5.74) is 1.43. The molecule has 1 aliphatic rings. The summed E-state index contributed by atoms with van der Waals surface area (Å²) in [6, 6.07) is 8.93. The second-order valence-electron chi connectivity index (χ2n) is 6.86. The molecule has 28 heavy (non-hydrogen) atoms. The van der Waals surface area contributed by atoms with Gasteiger partial charge in [-0.05, 0) is 43.2 Å². The molecule has 9 heteroatoms. The van der Waals surface area contributed by atoms with Crippen molar-refractivity contribution in [3.05, 3.63) is 57.7 Å². The van der Waals surface area contributed by atoms with Crippen LogP contribution in [0.25, 0.3) is 0 Å². The summed E-state index contributed by atoms with van der Waals surface area (Å²) >= 11 is 12.1. The molecule has 0 radical (unpaired) electrons. The first-order valence-corrected chi connectivity index (χ1v) is 11.5. The summed E-state index contributed by atoms with van der Waals surface area (Å²) < 4.78 is 23.0. The molecule has 150 valence electrons. The van der Waals surface area contributed by atoms with Gasteiger partial charge < -0.3 is 10.2 Å². The molecule has 0 aliphatic carbocycles. The van der Waals surface area contributed by atoms with Crippen LogP contribution in [0.1, 0.15) is 22.8 Å². The van der Waals surface area contributed by atoms with Gasteiger partial charge in [0.2, 0.25) is 0 Å². The zero-order valence-corrected chi connectivity index (χ0v) is 17.7. The van der Waals surface area contributed by atoms with Gasteiger partial charge in [0.15, 0.2) is 9.84 Å². The number of hydrogen-bond acceptors (Lipinski definition) is 5. The number of nitrogens with zero attached hydrogens (tertiary/aromatic N) is 2. The van der Waals surface area contributed by atoms with Crippen LogP contribution in [0.3, 0.4) is 0 Å². The van der Waals surface area contributed by atoms with E-state index in [9.17, 15) is 13.2 Å². The fourth-order valence-corrected chi connectivity index (χ4v) is 4.71. The smallest absolute Gasteiger partial charge is 0.255 e. The van der Waals surface area contributed by atoms with E-state index >= 15 is 0 Å². The van der Waals surface area contributed by atoms with Gasteiger partial charge in [-0.25, -0.2) is 13.4 Å². The number of nitrogens with one attached hydrogen (secondary N) is 1. The number of carbonyl (C=O) groups is 1. The fourth-order valence-electron chi connectivity index (χ4n) is 3.02. The molecule has 1 aliphatic heterocycles. The lowest BCUT2D eigenvalue weighted by atomic mass is 10.1. The molecule has 1 saturated heterocycles. The van der Waals surface area contributed by atoms with Gasteiger partial charge in [0.1, 0.15) is 5.82 Å². The Bertz CT molecular complexity index is 951. The maximum Gasteiger partial charge on any atom is 0.255 e. The summed E-state index contributed by atoms with van der Waals surface area (Å²) in [4.78, 5) is 18.4. The Balaban J connectivity index is 1.58. The van der Waals surface area contributed by atoms with Crippen molar-refractivity contribution in [2.75, 3.05) is 29.9 Å². The highest BCUT2D eigenvalue weighted by molar-refractivity contribution is 7.91. The van der Waals surface area contributed by atoms with Crippen LogP contribution in [0.2, 0.25) is 10.0 Å². The molecular formula is C19H21Cl2N3O3S. The van der Waals surface area contributed by atoms with Crippen molar-refractivity contribution in [1.29, 1.82) is 0 Å². The Morgan fingerprint density at radius 1 is 1.21 bits per heavy atom. The van der Waals surface area contributed by atoms with Gasteiger partial charge in [0.25, 0.3) is 5.91 Å². The van der Waals surface area contributed by atoms with E-state index in [4.69, 9.17) is 23.2 Å². The van der Waals surface area contributed by atoms with E-state index in [2.05, 4.69) is 10.3 Å². The molecule has 0 bridgehead atoms. The molecule has 1 aromatic heterocycles. The highest BCUT2D eigenvalue weighted by Crippen LogP contribution is 2.23. The van der Waals surface area contributed by atoms with Gasteiger partial charge in [-0.1, -0.05) is 29.3 Å². The fraction of sp³-hybridized carbons (Fsp3) is 0.368. The second-order valence-corrected chi connectivity index (χ2v) is 10.0. The van der Waals surface area contributed by atoms with Gasteiger partial charge in [-0.2, -0.15) is 0 Å². The first-order valence-electron chi connectivity index (χ1n) is 8.90. The molecule has 1 aromatic carbocycles. The van der Waals surface area contributed by atoms with E-state index in [0.717, 1.165) is 5.56 Å². The number of sulfone groups is 1. The Hall–Kier alpha value is -1.83. The van der Waals surface area contributed by atoms with Crippen molar-refractivity contribution in [3.63, 3.8) is 0 Å². The number of pyridine rings is 1. The van der Waals surface area contributed by atoms with E-state index in [0.29, 0.717) is 27.8 Å². The Labute approximate surface area is 174 Å². The molecule has 1 fully saturated rings. The average molecular weight is 442 g/mol. The average Bonchev–Trinajstić information content (AvgIpc) is 2.64. The number of halogens is 2. The van der Waals surface area contributed by atoms with Gasteiger partial charge in [-0.3, -0.25) is 4.79 Å². The number of amides is 1. The molecular weight excluding hydrogens is 421 g/mol. The highest BCUT2D eigenvalue weighted by Gasteiger charge is 2.25. The zero-order valence-electron chi connectivity index (χ0n) is 15.4. The monoisotopic (exact) mass is 441 g/mol. The van der Waals surface area contributed by atoms with Crippen LogP contribution in [-0.4, -0.2) is 54.8 Å². The minimum atomic E-state index is -3.02. The molecule has 2 aromatic rings. The van der Waals surface area contributed by atoms with E-state index in [1.165, 1.54) is 6.20 Å². The lowest BCUT2D eigenvalue weighted by molar-refractivity contribution is 0.0770. The number of carbonyl (C=O) groups excluding carboxylic acids is 1. The second kappa shape index (κ2) is 8.68. The number of anilines is 1. The van der Waals surface area contributed by atoms with E-state index in [1.807, 2.05) is 13.0 Å². The van der Waals surface area contributed by atoms with Crippen LogP contribution in [0.5, 0.6) is 0 Å². The van der Waals surface area contributed by atoms with Crippen molar-refractivity contribution in [1.82, 2.24) is 9.88 Å². The van der Waals surface area contributed by atoms with Crippen LogP contribution in [0, 0.1) is 0 Å². The quantitative estimate of drug-likeness (QED) is 0.769. The molecule has 0 spiro atoms. The van der Waals surface area contributed by atoms with E-state index in [1.54, 1.807) is 29.2 Å². The lowest BCUT2D eigenvalue weighted by Gasteiger charge is -2.26. The van der Waals surface area contributed by atoms with Gasteiger partial charge >= 0.3 is 0 Å². The summed E-state index contributed by atoms with van der Waals surface area (Å²) in [5.74, 6) is 0.470.